The summed E-state index contributed by atoms with van der Waals surface area (Å²) in [6.07, 6.45) is 4.14. The monoisotopic (exact) mass is 373 g/mol. The molecule has 3 amide bonds. The first-order chi connectivity index (χ1) is 11.5. The van der Waals surface area contributed by atoms with Gasteiger partial charge in [0.25, 0.3) is 0 Å². The van der Waals surface area contributed by atoms with Crippen molar-refractivity contribution in [2.75, 3.05) is 6.54 Å². The number of rotatable bonds is 7. The molecule has 0 radical (unpaired) electrons. The van der Waals surface area contributed by atoms with Crippen molar-refractivity contribution in [1.29, 1.82) is 0 Å². The van der Waals surface area contributed by atoms with Crippen LogP contribution in [-0.4, -0.2) is 53.5 Å². The van der Waals surface area contributed by atoms with E-state index in [-0.39, 0.29) is 48.4 Å². The summed E-state index contributed by atoms with van der Waals surface area (Å²) in [5.41, 5.74) is 5.71. The molecule has 6 unspecified atom stereocenters. The van der Waals surface area contributed by atoms with Gasteiger partial charge in [-0.2, -0.15) is 0 Å². The van der Waals surface area contributed by atoms with Gasteiger partial charge in [-0.15, -0.1) is 12.4 Å². The Hall–Kier alpha value is -1.18. The lowest BCUT2D eigenvalue weighted by Gasteiger charge is -2.26. The van der Waals surface area contributed by atoms with Gasteiger partial charge in [0.05, 0.1) is 24.0 Å². The fraction of sp³-hybridized carbons (Fsp3) is 0.824. The molecule has 0 aromatic carbocycles. The average molecular weight is 374 g/mol. The van der Waals surface area contributed by atoms with Crippen molar-refractivity contribution in [2.24, 2.45) is 17.6 Å². The maximum Gasteiger partial charge on any atom is 0.243 e. The Labute approximate surface area is 154 Å². The van der Waals surface area contributed by atoms with E-state index in [1.165, 1.54) is 0 Å². The molecule has 0 saturated carbocycles. The van der Waals surface area contributed by atoms with Crippen molar-refractivity contribution in [2.45, 2.75) is 70.2 Å². The van der Waals surface area contributed by atoms with Gasteiger partial charge in [0.15, 0.2) is 0 Å². The summed E-state index contributed by atoms with van der Waals surface area (Å²) in [4.78, 5) is 39.0. The molecule has 0 spiro atoms. The summed E-state index contributed by atoms with van der Waals surface area (Å²) in [6, 6.07) is -0.919. The zero-order valence-corrected chi connectivity index (χ0v) is 15.6. The largest absolute Gasteiger partial charge is 0.373 e. The van der Waals surface area contributed by atoms with Crippen LogP contribution in [-0.2, 0) is 19.1 Å². The maximum atomic E-state index is 12.7. The SMILES string of the molecule is CCCCC(CN)NC(=O)C(C)N1C(=O)C2C3CCC(O3)C2C1=O.Cl. The van der Waals surface area contributed by atoms with Crippen molar-refractivity contribution >= 4 is 30.1 Å². The zero-order chi connectivity index (χ0) is 17.4. The molecule has 2 bridgehead atoms. The van der Waals surface area contributed by atoms with Crippen molar-refractivity contribution in [3.63, 3.8) is 0 Å². The minimum Gasteiger partial charge on any atom is -0.373 e. The van der Waals surface area contributed by atoms with Crippen LogP contribution in [0.25, 0.3) is 0 Å². The number of ether oxygens (including phenoxy) is 1. The molecular formula is C17H28ClN3O4. The maximum absolute atomic E-state index is 12.7. The summed E-state index contributed by atoms with van der Waals surface area (Å²) in [7, 11) is 0. The molecule has 3 N–H and O–H groups in total. The Kier molecular flexibility index (Phi) is 6.45. The number of imide groups is 1. The van der Waals surface area contributed by atoms with Crippen LogP contribution in [0, 0.1) is 11.8 Å². The summed E-state index contributed by atoms with van der Waals surface area (Å²) < 4.78 is 5.71. The van der Waals surface area contributed by atoms with Gasteiger partial charge >= 0.3 is 0 Å². The molecule has 3 fully saturated rings. The standard InChI is InChI=1S/C17H27N3O4.ClH/c1-3-4-5-10(8-18)19-15(21)9(2)20-16(22)13-11-6-7-12(24-11)14(13)17(20)23;/h9-14H,3-8,18H2,1-2H3,(H,19,21);1H. The molecule has 6 atom stereocenters. The number of fused-ring (bicyclic) bond motifs is 5. The second-order valence-corrected chi connectivity index (χ2v) is 7.15. The number of amides is 3. The quantitative estimate of drug-likeness (QED) is 0.636. The van der Waals surface area contributed by atoms with Crippen molar-refractivity contribution in [3.8, 4) is 0 Å². The summed E-state index contributed by atoms with van der Waals surface area (Å²) >= 11 is 0. The molecule has 3 heterocycles. The van der Waals surface area contributed by atoms with Crippen LogP contribution in [0.1, 0.15) is 46.0 Å². The van der Waals surface area contributed by atoms with Crippen LogP contribution in [0.15, 0.2) is 0 Å². The lowest BCUT2D eigenvalue weighted by Crippen LogP contribution is -2.52. The number of nitrogens with one attached hydrogen (secondary N) is 1. The zero-order valence-electron chi connectivity index (χ0n) is 14.8. The van der Waals surface area contributed by atoms with E-state index in [0.717, 1.165) is 37.0 Å². The summed E-state index contributed by atoms with van der Waals surface area (Å²) in [5, 5.41) is 2.88. The number of likely N-dealkylation sites (tertiary alicyclic amines) is 1. The first-order valence-electron chi connectivity index (χ1n) is 9.02. The molecule has 25 heavy (non-hydrogen) atoms. The Morgan fingerprint density at radius 2 is 1.84 bits per heavy atom. The molecule has 0 aromatic rings. The molecule has 3 rings (SSSR count). The van der Waals surface area contributed by atoms with Crippen molar-refractivity contribution in [3.05, 3.63) is 0 Å². The first-order valence-corrected chi connectivity index (χ1v) is 9.02. The lowest BCUT2D eigenvalue weighted by atomic mass is 9.81. The molecule has 3 saturated heterocycles. The van der Waals surface area contributed by atoms with Gasteiger partial charge in [0.2, 0.25) is 17.7 Å². The number of carbonyl (C=O) groups excluding carboxylic acids is 3. The van der Waals surface area contributed by atoms with E-state index in [1.807, 2.05) is 0 Å². The molecule has 0 aliphatic carbocycles. The molecule has 7 nitrogen and oxygen atoms in total. The molecule has 3 aliphatic heterocycles. The van der Waals surface area contributed by atoms with Crippen LogP contribution in [0.3, 0.4) is 0 Å². The predicted molar refractivity (Wildman–Crippen MR) is 93.9 cm³/mol. The minimum atomic E-state index is -0.800. The van der Waals surface area contributed by atoms with Gasteiger partial charge in [-0.3, -0.25) is 19.3 Å². The van der Waals surface area contributed by atoms with E-state index in [1.54, 1.807) is 6.92 Å². The van der Waals surface area contributed by atoms with E-state index >= 15 is 0 Å². The third-order valence-electron chi connectivity index (χ3n) is 5.62. The topological polar surface area (TPSA) is 102 Å². The normalized spacial score (nSPS) is 32.4. The minimum absolute atomic E-state index is 0. The number of hydrogen-bond donors (Lipinski definition) is 2. The highest BCUT2D eigenvalue weighted by atomic mass is 35.5. The number of halogens is 1. The Morgan fingerprint density at radius 1 is 1.28 bits per heavy atom. The summed E-state index contributed by atoms with van der Waals surface area (Å²) in [6.45, 7) is 4.04. The van der Waals surface area contributed by atoms with Gasteiger partial charge in [-0.05, 0) is 26.2 Å². The molecule has 8 heteroatoms. The van der Waals surface area contributed by atoms with Gasteiger partial charge in [0, 0.05) is 12.6 Å². The van der Waals surface area contributed by atoms with Gasteiger partial charge in [-0.1, -0.05) is 19.8 Å². The smallest absolute Gasteiger partial charge is 0.243 e. The molecule has 0 aromatic heterocycles. The van der Waals surface area contributed by atoms with E-state index in [2.05, 4.69) is 12.2 Å². The predicted octanol–water partition coefficient (Wildman–Crippen LogP) is 0.593. The lowest BCUT2D eigenvalue weighted by molar-refractivity contribution is -0.149. The second-order valence-electron chi connectivity index (χ2n) is 7.15. The van der Waals surface area contributed by atoms with E-state index in [4.69, 9.17) is 10.5 Å². The highest BCUT2D eigenvalue weighted by Crippen LogP contribution is 2.48. The number of carbonyl (C=O) groups is 3. The number of hydrogen-bond acceptors (Lipinski definition) is 5. The third kappa shape index (κ3) is 3.41. The van der Waals surface area contributed by atoms with Crippen molar-refractivity contribution in [1.82, 2.24) is 10.2 Å². The highest BCUT2D eigenvalue weighted by molar-refractivity contribution is 6.09. The number of nitrogens with zero attached hydrogens (tertiary/aromatic N) is 1. The summed E-state index contributed by atoms with van der Waals surface area (Å²) in [5.74, 6) is -1.60. The second kappa shape index (κ2) is 8.01. The molecule has 3 aliphatic rings. The average Bonchev–Trinajstić information content (AvgIpc) is 3.24. The van der Waals surface area contributed by atoms with Crippen molar-refractivity contribution < 1.29 is 19.1 Å². The third-order valence-corrected chi connectivity index (χ3v) is 5.62. The van der Waals surface area contributed by atoms with Gasteiger partial charge < -0.3 is 15.8 Å². The Bertz CT molecular complexity index is 516. The van der Waals surface area contributed by atoms with Crippen LogP contribution < -0.4 is 11.1 Å². The van der Waals surface area contributed by atoms with E-state index < -0.39 is 17.9 Å². The van der Waals surface area contributed by atoms with Crippen LogP contribution in [0.4, 0.5) is 0 Å². The first kappa shape index (κ1) is 20.1. The number of unbranched alkanes of at least 4 members (excludes halogenated alkanes) is 1. The van der Waals surface area contributed by atoms with E-state index in [9.17, 15) is 14.4 Å². The van der Waals surface area contributed by atoms with E-state index in [0.29, 0.717) is 6.54 Å². The van der Waals surface area contributed by atoms with Gasteiger partial charge in [-0.25, -0.2) is 0 Å². The Balaban J connectivity index is 0.00000225. The fourth-order valence-electron chi connectivity index (χ4n) is 4.26. The van der Waals surface area contributed by atoms with Gasteiger partial charge in [0.1, 0.15) is 6.04 Å². The highest BCUT2D eigenvalue weighted by Gasteiger charge is 2.63. The Morgan fingerprint density at radius 3 is 2.32 bits per heavy atom. The number of nitrogens with two attached hydrogens (primary N) is 1. The fourth-order valence-corrected chi connectivity index (χ4v) is 4.26. The molecule has 142 valence electrons. The van der Waals surface area contributed by atoms with Crippen LogP contribution in [0.5, 0.6) is 0 Å². The van der Waals surface area contributed by atoms with Crippen LogP contribution in [0.2, 0.25) is 0 Å². The molecular weight excluding hydrogens is 346 g/mol. The van der Waals surface area contributed by atoms with Crippen LogP contribution >= 0.6 is 12.4 Å².